The van der Waals surface area contributed by atoms with Gasteiger partial charge < -0.3 is 0 Å². The normalized spacial score (nSPS) is 13.1. The molecule has 90 valence electrons. The van der Waals surface area contributed by atoms with Crippen LogP contribution in [0.2, 0.25) is 0 Å². The fourth-order valence-corrected chi connectivity index (χ4v) is 2.21. The Labute approximate surface area is 103 Å². The van der Waals surface area contributed by atoms with Gasteiger partial charge in [-0.05, 0) is 24.0 Å². The molecule has 0 radical (unpaired) electrons. The van der Waals surface area contributed by atoms with Gasteiger partial charge in [-0.15, -0.1) is 11.6 Å². The number of rotatable bonds is 6. The van der Waals surface area contributed by atoms with Gasteiger partial charge in [-0.3, -0.25) is 0 Å². The summed E-state index contributed by atoms with van der Waals surface area (Å²) in [6.07, 6.45) is 3.27. The fraction of sp³-hybridized carbons (Fsp3) is 0.571. The second kappa shape index (κ2) is 6.90. The van der Waals surface area contributed by atoms with Crippen LogP contribution in [-0.2, 0) is 0 Å². The summed E-state index contributed by atoms with van der Waals surface area (Å²) in [6, 6.07) is 6.95. The Hall–Kier alpha value is -0.560. The van der Waals surface area contributed by atoms with Gasteiger partial charge >= 0.3 is 0 Å². The Morgan fingerprint density at radius 1 is 1.19 bits per heavy atom. The maximum absolute atomic E-state index is 13.6. The molecule has 1 aromatic carbocycles. The number of halogens is 2. The lowest BCUT2D eigenvalue weighted by molar-refractivity contribution is 0.502. The standard InChI is InChI=1S/C14H20ClF/c1-11(2)6-5-7-12(10-15)13-8-3-4-9-14(13)16/h3-4,8-9,11-12H,5-7,10H2,1-2H3. The van der Waals surface area contributed by atoms with Gasteiger partial charge in [0, 0.05) is 11.8 Å². The van der Waals surface area contributed by atoms with Crippen LogP contribution in [0, 0.1) is 11.7 Å². The van der Waals surface area contributed by atoms with Crippen molar-refractivity contribution in [3.63, 3.8) is 0 Å². The predicted octanol–water partition coefficient (Wildman–Crippen LogP) is 4.97. The van der Waals surface area contributed by atoms with Crippen molar-refractivity contribution in [3.05, 3.63) is 35.6 Å². The molecule has 0 N–H and O–H groups in total. The first-order valence-electron chi connectivity index (χ1n) is 5.95. The molecule has 1 aromatic rings. The van der Waals surface area contributed by atoms with E-state index in [0.29, 0.717) is 11.8 Å². The molecular weight excluding hydrogens is 223 g/mol. The average molecular weight is 243 g/mol. The first-order chi connectivity index (χ1) is 7.65. The number of alkyl halides is 1. The minimum atomic E-state index is -0.127. The second-order valence-corrected chi connectivity index (χ2v) is 5.01. The van der Waals surface area contributed by atoms with Gasteiger partial charge in [0.25, 0.3) is 0 Å². The van der Waals surface area contributed by atoms with Crippen LogP contribution in [0.3, 0.4) is 0 Å². The van der Waals surface area contributed by atoms with Crippen LogP contribution in [0.1, 0.15) is 44.6 Å². The first-order valence-corrected chi connectivity index (χ1v) is 6.49. The van der Waals surface area contributed by atoms with Crippen LogP contribution < -0.4 is 0 Å². The average Bonchev–Trinajstić information content (AvgIpc) is 2.25. The monoisotopic (exact) mass is 242 g/mol. The van der Waals surface area contributed by atoms with E-state index in [1.54, 1.807) is 6.07 Å². The van der Waals surface area contributed by atoms with Gasteiger partial charge in [-0.1, -0.05) is 44.9 Å². The van der Waals surface area contributed by atoms with E-state index in [1.807, 2.05) is 12.1 Å². The van der Waals surface area contributed by atoms with Crippen molar-refractivity contribution >= 4 is 11.6 Å². The molecule has 16 heavy (non-hydrogen) atoms. The van der Waals surface area contributed by atoms with Crippen LogP contribution in [0.15, 0.2) is 24.3 Å². The van der Waals surface area contributed by atoms with Crippen molar-refractivity contribution in [2.45, 2.75) is 39.0 Å². The van der Waals surface area contributed by atoms with Crippen molar-refractivity contribution in [3.8, 4) is 0 Å². The molecule has 0 spiro atoms. The van der Waals surface area contributed by atoms with E-state index in [1.165, 1.54) is 12.5 Å². The Kier molecular flexibility index (Phi) is 5.83. The molecular formula is C14H20ClF. The molecule has 0 fully saturated rings. The Morgan fingerprint density at radius 3 is 2.44 bits per heavy atom. The largest absolute Gasteiger partial charge is 0.207 e. The third-order valence-electron chi connectivity index (χ3n) is 2.87. The lowest BCUT2D eigenvalue weighted by atomic mass is 9.93. The third kappa shape index (κ3) is 4.13. The van der Waals surface area contributed by atoms with Crippen molar-refractivity contribution in [2.75, 3.05) is 5.88 Å². The van der Waals surface area contributed by atoms with E-state index in [0.717, 1.165) is 18.4 Å². The summed E-state index contributed by atoms with van der Waals surface area (Å²) in [5, 5.41) is 0. The fourth-order valence-electron chi connectivity index (χ4n) is 1.89. The van der Waals surface area contributed by atoms with E-state index in [9.17, 15) is 4.39 Å². The zero-order valence-corrected chi connectivity index (χ0v) is 10.8. The van der Waals surface area contributed by atoms with Gasteiger partial charge in [0.15, 0.2) is 0 Å². The molecule has 1 unspecified atom stereocenters. The molecule has 0 saturated heterocycles. The van der Waals surface area contributed by atoms with Crippen LogP contribution in [0.5, 0.6) is 0 Å². The lowest BCUT2D eigenvalue weighted by Gasteiger charge is -2.15. The van der Waals surface area contributed by atoms with Crippen LogP contribution >= 0.6 is 11.6 Å². The molecule has 2 heteroatoms. The van der Waals surface area contributed by atoms with E-state index in [2.05, 4.69) is 13.8 Å². The molecule has 0 aromatic heterocycles. The maximum Gasteiger partial charge on any atom is 0.126 e. The van der Waals surface area contributed by atoms with Crippen molar-refractivity contribution in [2.24, 2.45) is 5.92 Å². The van der Waals surface area contributed by atoms with Crippen LogP contribution in [-0.4, -0.2) is 5.88 Å². The molecule has 0 aliphatic carbocycles. The van der Waals surface area contributed by atoms with E-state index in [-0.39, 0.29) is 11.7 Å². The van der Waals surface area contributed by atoms with E-state index >= 15 is 0 Å². The second-order valence-electron chi connectivity index (χ2n) is 4.70. The summed E-state index contributed by atoms with van der Waals surface area (Å²) in [7, 11) is 0. The smallest absolute Gasteiger partial charge is 0.126 e. The van der Waals surface area contributed by atoms with Gasteiger partial charge in [0.05, 0.1) is 0 Å². The number of hydrogen-bond donors (Lipinski definition) is 0. The van der Waals surface area contributed by atoms with Crippen molar-refractivity contribution in [1.29, 1.82) is 0 Å². The zero-order valence-electron chi connectivity index (χ0n) is 10.0. The highest BCUT2D eigenvalue weighted by atomic mass is 35.5. The molecule has 0 aliphatic rings. The lowest BCUT2D eigenvalue weighted by Crippen LogP contribution is -2.04. The summed E-state index contributed by atoms with van der Waals surface area (Å²) in [5.41, 5.74) is 0.765. The first kappa shape index (κ1) is 13.5. The van der Waals surface area contributed by atoms with E-state index < -0.39 is 0 Å². The summed E-state index contributed by atoms with van der Waals surface area (Å²) in [6.45, 7) is 4.41. The maximum atomic E-state index is 13.6. The van der Waals surface area contributed by atoms with E-state index in [4.69, 9.17) is 11.6 Å². The molecule has 0 aliphatic heterocycles. The molecule has 0 saturated carbocycles. The minimum absolute atomic E-state index is 0.127. The van der Waals surface area contributed by atoms with Crippen molar-refractivity contribution < 1.29 is 4.39 Å². The zero-order chi connectivity index (χ0) is 12.0. The predicted molar refractivity (Wildman–Crippen MR) is 68.6 cm³/mol. The topological polar surface area (TPSA) is 0 Å². The molecule has 0 nitrogen and oxygen atoms in total. The quantitative estimate of drug-likeness (QED) is 0.618. The summed E-state index contributed by atoms with van der Waals surface area (Å²) >= 11 is 5.92. The number of hydrogen-bond acceptors (Lipinski definition) is 0. The molecule has 0 amide bonds. The Morgan fingerprint density at radius 2 is 1.88 bits per heavy atom. The summed E-state index contributed by atoms with van der Waals surface area (Å²) < 4.78 is 13.6. The Bertz CT molecular complexity index is 309. The Balaban J connectivity index is 2.57. The van der Waals surface area contributed by atoms with Gasteiger partial charge in [-0.2, -0.15) is 0 Å². The molecule has 1 rings (SSSR count). The molecule has 1 atom stereocenters. The van der Waals surface area contributed by atoms with Gasteiger partial charge in [-0.25, -0.2) is 4.39 Å². The highest BCUT2D eigenvalue weighted by molar-refractivity contribution is 6.18. The van der Waals surface area contributed by atoms with Crippen LogP contribution in [0.25, 0.3) is 0 Å². The summed E-state index contributed by atoms with van der Waals surface area (Å²) in [4.78, 5) is 0. The highest BCUT2D eigenvalue weighted by Gasteiger charge is 2.14. The summed E-state index contributed by atoms with van der Waals surface area (Å²) in [5.74, 6) is 1.23. The van der Waals surface area contributed by atoms with Gasteiger partial charge in [0.1, 0.15) is 5.82 Å². The van der Waals surface area contributed by atoms with Gasteiger partial charge in [0.2, 0.25) is 0 Å². The van der Waals surface area contributed by atoms with Crippen LogP contribution in [0.4, 0.5) is 4.39 Å². The molecule has 0 heterocycles. The molecule has 0 bridgehead atoms. The van der Waals surface area contributed by atoms with Crippen molar-refractivity contribution in [1.82, 2.24) is 0 Å². The minimum Gasteiger partial charge on any atom is -0.207 e. The number of benzene rings is 1. The SMILES string of the molecule is CC(C)CCCC(CCl)c1ccccc1F. The highest BCUT2D eigenvalue weighted by Crippen LogP contribution is 2.26. The third-order valence-corrected chi connectivity index (χ3v) is 3.24.